The van der Waals surface area contributed by atoms with Crippen LogP contribution in [0.5, 0.6) is 0 Å². The third-order valence-corrected chi connectivity index (χ3v) is 0.356. The van der Waals surface area contributed by atoms with E-state index >= 15 is 0 Å². The Kier molecular flexibility index (Phi) is 62.5. The first-order valence-electron chi connectivity index (χ1n) is 3.83. The molecule has 0 aliphatic rings. The van der Waals surface area contributed by atoms with E-state index in [1.165, 1.54) is 0 Å². The molecule has 64 valence electrons. The van der Waals surface area contributed by atoms with Crippen LogP contribution in [0.3, 0.4) is 0 Å². The van der Waals surface area contributed by atoms with Crippen molar-refractivity contribution in [2.75, 3.05) is 6.67 Å². The van der Waals surface area contributed by atoms with Crippen LogP contribution in [0.4, 0.5) is 4.39 Å². The number of halogens is 1. The van der Waals surface area contributed by atoms with Crippen molar-refractivity contribution in [3.63, 3.8) is 0 Å². The summed E-state index contributed by atoms with van der Waals surface area (Å²) in [6.45, 7) is 7.44. The minimum Gasteiger partial charge on any atom is -0.303 e. The van der Waals surface area contributed by atoms with Gasteiger partial charge in [0.15, 0.2) is 0 Å². The molecule has 0 spiro atoms. The standard InChI is InChI=1S/C3H7F.C3H6O.C2H6/c2*1-2-3-4;1-2/h2-3H2,1H3;3H,2H2,1H3;1-2H3. The minimum absolute atomic E-state index is 0.181. The third-order valence-electron chi connectivity index (χ3n) is 0.356. The topological polar surface area (TPSA) is 17.1 Å². The van der Waals surface area contributed by atoms with E-state index in [0.717, 1.165) is 6.29 Å². The second kappa shape index (κ2) is 38.3. The Hall–Kier alpha value is -0.400. The van der Waals surface area contributed by atoms with Crippen LogP contribution < -0.4 is 0 Å². The molecular formula is C8H19FO. The Morgan fingerprint density at radius 2 is 1.50 bits per heavy atom. The fourth-order valence-electron chi connectivity index (χ4n) is 0. The summed E-state index contributed by atoms with van der Waals surface area (Å²) >= 11 is 0. The number of carbonyl (C=O) groups excluding carboxylic acids is 1. The molecule has 0 saturated carbocycles. The first-order valence-corrected chi connectivity index (χ1v) is 3.83. The molecule has 0 saturated heterocycles. The maximum atomic E-state index is 10.7. The highest BCUT2D eigenvalue weighted by Crippen LogP contribution is 1.69. The fourth-order valence-corrected chi connectivity index (χ4v) is 0. The summed E-state index contributed by atoms with van der Waals surface area (Å²) < 4.78 is 10.7. The first kappa shape index (κ1) is 16.3. The zero-order chi connectivity index (χ0) is 8.83. The van der Waals surface area contributed by atoms with Crippen molar-refractivity contribution in [3.05, 3.63) is 0 Å². The Labute approximate surface area is 63.6 Å². The smallest absolute Gasteiger partial charge is 0.119 e. The van der Waals surface area contributed by atoms with Crippen LogP contribution in [0.15, 0.2) is 0 Å². The Morgan fingerprint density at radius 1 is 1.30 bits per heavy atom. The zero-order valence-corrected chi connectivity index (χ0v) is 7.48. The summed E-state index contributed by atoms with van der Waals surface area (Å²) in [5.41, 5.74) is 0. The molecule has 0 aromatic heterocycles. The van der Waals surface area contributed by atoms with E-state index in [1.807, 2.05) is 20.8 Å². The number of alkyl halides is 1. The van der Waals surface area contributed by atoms with Gasteiger partial charge < -0.3 is 4.79 Å². The molecule has 0 rings (SSSR count). The van der Waals surface area contributed by atoms with Gasteiger partial charge in [-0.3, -0.25) is 4.39 Å². The summed E-state index contributed by atoms with van der Waals surface area (Å²) in [5.74, 6) is 0. The van der Waals surface area contributed by atoms with E-state index in [4.69, 9.17) is 0 Å². The van der Waals surface area contributed by atoms with E-state index < -0.39 is 0 Å². The molecule has 0 amide bonds. The van der Waals surface area contributed by atoms with Crippen LogP contribution in [-0.4, -0.2) is 13.0 Å². The Bertz CT molecular complexity index is 36.2. The molecule has 10 heavy (non-hydrogen) atoms. The molecule has 0 bridgehead atoms. The summed E-state index contributed by atoms with van der Waals surface area (Å²) in [5, 5.41) is 0. The molecular weight excluding hydrogens is 131 g/mol. The molecule has 0 atom stereocenters. The largest absolute Gasteiger partial charge is 0.303 e. The quantitative estimate of drug-likeness (QED) is 0.553. The fraction of sp³-hybridized carbons (Fsp3) is 0.875. The zero-order valence-electron chi connectivity index (χ0n) is 7.48. The number of hydrogen-bond donors (Lipinski definition) is 0. The molecule has 2 heteroatoms. The average Bonchev–Trinajstić information content (AvgIpc) is 2.08. The Balaban J connectivity index is -0.0000000787. The number of carbonyl (C=O) groups is 1. The van der Waals surface area contributed by atoms with E-state index in [2.05, 4.69) is 0 Å². The molecule has 0 aliphatic carbocycles. The summed E-state index contributed by atoms with van der Waals surface area (Å²) in [4.78, 5) is 9.17. The molecule has 0 heterocycles. The normalized spacial score (nSPS) is 6.10. The predicted octanol–water partition coefficient (Wildman–Crippen LogP) is 2.99. The monoisotopic (exact) mass is 150 g/mol. The van der Waals surface area contributed by atoms with Crippen molar-refractivity contribution in [1.82, 2.24) is 0 Å². The summed E-state index contributed by atoms with van der Waals surface area (Å²) in [7, 11) is 0. The highest BCUT2D eigenvalue weighted by atomic mass is 19.1. The van der Waals surface area contributed by atoms with Gasteiger partial charge in [-0.2, -0.15) is 0 Å². The van der Waals surface area contributed by atoms with Crippen LogP contribution in [0.25, 0.3) is 0 Å². The van der Waals surface area contributed by atoms with Crippen LogP contribution in [0.1, 0.15) is 40.5 Å². The number of aldehydes is 1. The lowest BCUT2D eigenvalue weighted by Gasteiger charge is -1.64. The van der Waals surface area contributed by atoms with Crippen LogP contribution in [-0.2, 0) is 4.79 Å². The van der Waals surface area contributed by atoms with Gasteiger partial charge in [0.25, 0.3) is 0 Å². The Morgan fingerprint density at radius 3 is 1.50 bits per heavy atom. The molecule has 0 aromatic carbocycles. The van der Waals surface area contributed by atoms with Gasteiger partial charge in [-0.05, 0) is 6.42 Å². The van der Waals surface area contributed by atoms with Crippen molar-refractivity contribution in [3.8, 4) is 0 Å². The molecule has 0 aliphatic heterocycles. The average molecular weight is 150 g/mol. The van der Waals surface area contributed by atoms with Gasteiger partial charge >= 0.3 is 0 Å². The van der Waals surface area contributed by atoms with Gasteiger partial charge in [-0.1, -0.05) is 27.7 Å². The van der Waals surface area contributed by atoms with Crippen LogP contribution in [0.2, 0.25) is 0 Å². The molecule has 0 N–H and O–H groups in total. The van der Waals surface area contributed by atoms with Crippen LogP contribution >= 0.6 is 0 Å². The van der Waals surface area contributed by atoms with E-state index in [9.17, 15) is 9.18 Å². The minimum atomic E-state index is -0.181. The van der Waals surface area contributed by atoms with Gasteiger partial charge in [0.05, 0.1) is 6.67 Å². The van der Waals surface area contributed by atoms with Crippen molar-refractivity contribution < 1.29 is 9.18 Å². The maximum absolute atomic E-state index is 10.7. The maximum Gasteiger partial charge on any atom is 0.119 e. The summed E-state index contributed by atoms with van der Waals surface area (Å²) in [6.07, 6.45) is 2.17. The third kappa shape index (κ3) is 129. The second-order valence-electron chi connectivity index (χ2n) is 1.26. The van der Waals surface area contributed by atoms with Crippen LogP contribution in [0, 0.1) is 0 Å². The predicted molar refractivity (Wildman–Crippen MR) is 44.0 cm³/mol. The lowest BCUT2D eigenvalue weighted by atomic mass is 10.6. The number of hydrogen-bond acceptors (Lipinski definition) is 1. The van der Waals surface area contributed by atoms with Crippen molar-refractivity contribution in [2.45, 2.75) is 40.5 Å². The molecule has 1 nitrogen and oxygen atoms in total. The molecule has 0 radical (unpaired) electrons. The van der Waals surface area contributed by atoms with Crippen molar-refractivity contribution >= 4 is 6.29 Å². The van der Waals surface area contributed by atoms with E-state index in [-0.39, 0.29) is 6.67 Å². The highest BCUT2D eigenvalue weighted by molar-refractivity contribution is 5.48. The lowest BCUT2D eigenvalue weighted by molar-refractivity contribution is -0.107. The van der Waals surface area contributed by atoms with Crippen molar-refractivity contribution in [2.24, 2.45) is 0 Å². The van der Waals surface area contributed by atoms with Gasteiger partial charge in [-0.25, -0.2) is 0 Å². The van der Waals surface area contributed by atoms with Gasteiger partial charge in [0, 0.05) is 6.42 Å². The van der Waals surface area contributed by atoms with Gasteiger partial charge in [0.1, 0.15) is 6.29 Å². The lowest BCUT2D eigenvalue weighted by Crippen LogP contribution is -1.58. The molecule has 0 unspecified atom stereocenters. The summed E-state index contributed by atoms with van der Waals surface area (Å²) in [6, 6.07) is 0. The van der Waals surface area contributed by atoms with E-state index in [0.29, 0.717) is 12.8 Å². The van der Waals surface area contributed by atoms with E-state index in [1.54, 1.807) is 6.92 Å². The first-order chi connectivity index (χ1) is 4.83. The van der Waals surface area contributed by atoms with Gasteiger partial charge in [0.2, 0.25) is 0 Å². The number of rotatable bonds is 2. The van der Waals surface area contributed by atoms with Crippen molar-refractivity contribution in [1.29, 1.82) is 0 Å². The highest BCUT2D eigenvalue weighted by Gasteiger charge is 1.60. The van der Waals surface area contributed by atoms with Gasteiger partial charge in [-0.15, -0.1) is 0 Å². The SMILES string of the molecule is CC.CCC=O.CCCF. The second-order valence-corrected chi connectivity index (χ2v) is 1.26. The molecule has 0 fully saturated rings. The molecule has 0 aromatic rings.